The quantitative estimate of drug-likeness (QED) is 0.869. The molecule has 18 heavy (non-hydrogen) atoms. The molecule has 0 saturated carbocycles. The Kier molecular flexibility index (Phi) is 4.27. The molecule has 1 heterocycles. The highest BCUT2D eigenvalue weighted by Crippen LogP contribution is 2.43. The summed E-state index contributed by atoms with van der Waals surface area (Å²) in [5.41, 5.74) is 0.773. The standard InChI is InChI=1S/C13H18BrNO3/c1-15-12(13(6-16)7-18-8-13)10-5-9(14)3-4-11(10)17-2/h3-5,12,15-16H,6-8H2,1-2H3. The van der Waals surface area contributed by atoms with Crippen LogP contribution in [0.15, 0.2) is 22.7 Å². The molecule has 1 aromatic carbocycles. The first-order valence-electron chi connectivity index (χ1n) is 5.86. The maximum Gasteiger partial charge on any atom is 0.123 e. The zero-order chi connectivity index (χ0) is 13.2. The maximum atomic E-state index is 9.66. The van der Waals surface area contributed by atoms with Gasteiger partial charge in [-0.05, 0) is 25.2 Å². The van der Waals surface area contributed by atoms with E-state index in [0.717, 1.165) is 15.8 Å². The number of ether oxygens (including phenoxy) is 2. The van der Waals surface area contributed by atoms with Crippen LogP contribution in [0, 0.1) is 5.41 Å². The van der Waals surface area contributed by atoms with Gasteiger partial charge in [0.1, 0.15) is 5.75 Å². The third kappa shape index (κ3) is 2.28. The summed E-state index contributed by atoms with van der Waals surface area (Å²) in [7, 11) is 3.54. The molecule has 0 bridgehead atoms. The van der Waals surface area contributed by atoms with E-state index in [0.29, 0.717) is 13.2 Å². The number of aliphatic hydroxyl groups excluding tert-OH is 1. The Hall–Kier alpha value is -0.620. The van der Waals surface area contributed by atoms with Crippen molar-refractivity contribution in [2.75, 3.05) is 34.0 Å². The summed E-state index contributed by atoms with van der Waals surface area (Å²) in [6.07, 6.45) is 0. The Morgan fingerprint density at radius 2 is 2.28 bits per heavy atom. The number of hydrogen-bond donors (Lipinski definition) is 2. The normalized spacial score (nSPS) is 19.1. The van der Waals surface area contributed by atoms with Gasteiger partial charge in [0.2, 0.25) is 0 Å². The molecule has 1 aliphatic rings. The van der Waals surface area contributed by atoms with Gasteiger partial charge in [-0.2, -0.15) is 0 Å². The molecular formula is C13H18BrNO3. The highest BCUT2D eigenvalue weighted by atomic mass is 79.9. The van der Waals surface area contributed by atoms with Crippen LogP contribution in [-0.2, 0) is 4.74 Å². The molecule has 1 aliphatic heterocycles. The van der Waals surface area contributed by atoms with Crippen molar-refractivity contribution < 1.29 is 14.6 Å². The fourth-order valence-electron chi connectivity index (χ4n) is 2.44. The van der Waals surface area contributed by atoms with Crippen molar-refractivity contribution in [2.24, 2.45) is 5.41 Å². The number of methoxy groups -OCH3 is 1. The monoisotopic (exact) mass is 315 g/mol. The minimum atomic E-state index is -0.261. The van der Waals surface area contributed by atoms with Crippen molar-refractivity contribution in [1.29, 1.82) is 0 Å². The lowest BCUT2D eigenvalue weighted by molar-refractivity contribution is -0.155. The molecule has 1 unspecified atom stereocenters. The molecule has 0 amide bonds. The lowest BCUT2D eigenvalue weighted by atomic mass is 9.75. The first kappa shape index (κ1) is 13.8. The molecule has 4 nitrogen and oxygen atoms in total. The SMILES string of the molecule is CNC(c1cc(Br)ccc1OC)C1(CO)COC1. The number of benzene rings is 1. The molecule has 0 aliphatic carbocycles. The predicted octanol–water partition coefficient (Wildman–Crippen LogP) is 1.73. The third-order valence-electron chi connectivity index (χ3n) is 3.50. The average Bonchev–Trinajstić information content (AvgIpc) is 2.33. The predicted molar refractivity (Wildman–Crippen MR) is 72.8 cm³/mol. The summed E-state index contributed by atoms with van der Waals surface area (Å²) in [6.45, 7) is 1.21. The number of hydrogen-bond acceptors (Lipinski definition) is 4. The molecule has 0 spiro atoms. The summed E-state index contributed by atoms with van der Waals surface area (Å²) >= 11 is 3.47. The van der Waals surface area contributed by atoms with Gasteiger partial charge in [0, 0.05) is 16.1 Å². The number of halogens is 1. The van der Waals surface area contributed by atoms with Gasteiger partial charge in [0.05, 0.1) is 32.3 Å². The molecule has 2 rings (SSSR count). The number of rotatable bonds is 5. The third-order valence-corrected chi connectivity index (χ3v) is 3.99. The van der Waals surface area contributed by atoms with E-state index in [1.54, 1.807) is 7.11 Å². The Bertz CT molecular complexity index is 415. The summed E-state index contributed by atoms with van der Waals surface area (Å²) in [6, 6.07) is 5.89. The highest BCUT2D eigenvalue weighted by molar-refractivity contribution is 9.10. The summed E-state index contributed by atoms with van der Waals surface area (Å²) < 4.78 is 11.7. The van der Waals surface area contributed by atoms with Gasteiger partial charge < -0.3 is 19.9 Å². The fourth-order valence-corrected chi connectivity index (χ4v) is 2.81. The van der Waals surface area contributed by atoms with Gasteiger partial charge in [-0.15, -0.1) is 0 Å². The minimum Gasteiger partial charge on any atom is -0.496 e. The molecule has 0 radical (unpaired) electrons. The molecule has 1 aromatic rings. The van der Waals surface area contributed by atoms with Crippen LogP contribution in [-0.4, -0.2) is 39.1 Å². The zero-order valence-electron chi connectivity index (χ0n) is 10.6. The summed E-state index contributed by atoms with van der Waals surface area (Å²) in [5.74, 6) is 0.817. The molecule has 1 saturated heterocycles. The summed E-state index contributed by atoms with van der Waals surface area (Å²) in [5, 5.41) is 12.9. The Balaban J connectivity index is 2.40. The molecule has 5 heteroatoms. The van der Waals surface area contributed by atoms with Crippen molar-refractivity contribution in [3.05, 3.63) is 28.2 Å². The van der Waals surface area contributed by atoms with Crippen LogP contribution in [0.3, 0.4) is 0 Å². The Morgan fingerprint density at radius 3 is 2.72 bits per heavy atom. The maximum absolute atomic E-state index is 9.66. The van der Waals surface area contributed by atoms with Crippen LogP contribution in [0.5, 0.6) is 5.75 Å². The first-order valence-corrected chi connectivity index (χ1v) is 6.65. The molecular weight excluding hydrogens is 298 g/mol. The lowest BCUT2D eigenvalue weighted by Gasteiger charge is -2.46. The van der Waals surface area contributed by atoms with Gasteiger partial charge in [0.25, 0.3) is 0 Å². The molecule has 100 valence electrons. The van der Waals surface area contributed by atoms with Crippen LogP contribution in [0.25, 0.3) is 0 Å². The second-order valence-electron chi connectivity index (χ2n) is 4.62. The first-order chi connectivity index (χ1) is 8.66. The van der Waals surface area contributed by atoms with Crippen molar-refractivity contribution in [2.45, 2.75) is 6.04 Å². The molecule has 1 fully saturated rings. The van der Waals surface area contributed by atoms with Crippen LogP contribution >= 0.6 is 15.9 Å². The van der Waals surface area contributed by atoms with Gasteiger partial charge in [0.15, 0.2) is 0 Å². The van der Waals surface area contributed by atoms with Gasteiger partial charge in [-0.3, -0.25) is 0 Å². The van der Waals surface area contributed by atoms with E-state index in [2.05, 4.69) is 21.2 Å². The fraction of sp³-hybridized carbons (Fsp3) is 0.538. The molecule has 2 N–H and O–H groups in total. The van der Waals surface area contributed by atoms with Crippen molar-refractivity contribution in [3.8, 4) is 5.75 Å². The van der Waals surface area contributed by atoms with Gasteiger partial charge in [-0.1, -0.05) is 15.9 Å². The van der Waals surface area contributed by atoms with Crippen LogP contribution < -0.4 is 10.1 Å². The second kappa shape index (κ2) is 5.57. The average molecular weight is 316 g/mol. The van der Waals surface area contributed by atoms with Crippen molar-refractivity contribution >= 4 is 15.9 Å². The van der Waals surface area contributed by atoms with E-state index in [1.165, 1.54) is 0 Å². The molecule has 1 atom stereocenters. The smallest absolute Gasteiger partial charge is 0.123 e. The van der Waals surface area contributed by atoms with E-state index in [1.807, 2.05) is 25.2 Å². The number of nitrogens with one attached hydrogen (secondary N) is 1. The highest BCUT2D eigenvalue weighted by Gasteiger charge is 2.46. The van der Waals surface area contributed by atoms with E-state index >= 15 is 0 Å². The van der Waals surface area contributed by atoms with Crippen LogP contribution in [0.1, 0.15) is 11.6 Å². The van der Waals surface area contributed by atoms with Crippen molar-refractivity contribution in [3.63, 3.8) is 0 Å². The van der Waals surface area contributed by atoms with Crippen LogP contribution in [0.2, 0.25) is 0 Å². The molecule has 0 aromatic heterocycles. The van der Waals surface area contributed by atoms with E-state index in [9.17, 15) is 5.11 Å². The number of aliphatic hydroxyl groups is 1. The van der Waals surface area contributed by atoms with E-state index in [-0.39, 0.29) is 18.1 Å². The zero-order valence-corrected chi connectivity index (χ0v) is 12.2. The largest absolute Gasteiger partial charge is 0.496 e. The van der Waals surface area contributed by atoms with Gasteiger partial charge in [-0.25, -0.2) is 0 Å². The summed E-state index contributed by atoms with van der Waals surface area (Å²) in [4.78, 5) is 0. The van der Waals surface area contributed by atoms with Crippen LogP contribution in [0.4, 0.5) is 0 Å². The minimum absolute atomic E-state index is 0.00343. The Labute approximate surface area is 115 Å². The van der Waals surface area contributed by atoms with Crippen molar-refractivity contribution in [1.82, 2.24) is 5.32 Å². The van der Waals surface area contributed by atoms with E-state index < -0.39 is 0 Å². The van der Waals surface area contributed by atoms with Gasteiger partial charge >= 0.3 is 0 Å². The topological polar surface area (TPSA) is 50.7 Å². The van der Waals surface area contributed by atoms with E-state index in [4.69, 9.17) is 9.47 Å². The lowest BCUT2D eigenvalue weighted by Crippen LogP contribution is -2.53. The second-order valence-corrected chi connectivity index (χ2v) is 5.54. The Morgan fingerprint density at radius 1 is 1.56 bits per heavy atom.